The van der Waals surface area contributed by atoms with Crippen LogP contribution in [0, 0.1) is 18.7 Å². The number of aromatic nitrogens is 2. The SMILES string of the molecule is Cc1cccc(F)c1-n1nc(C(=O)NC(CC2CC2)C(=O)O)c2c1CCC2. The quantitative estimate of drug-likeness (QED) is 0.818. The van der Waals surface area contributed by atoms with Crippen molar-refractivity contribution in [1.82, 2.24) is 15.1 Å². The molecule has 1 amide bonds. The van der Waals surface area contributed by atoms with Crippen LogP contribution in [0.5, 0.6) is 0 Å². The zero-order valence-corrected chi connectivity index (χ0v) is 15.2. The van der Waals surface area contributed by atoms with Crippen molar-refractivity contribution in [3.05, 3.63) is 46.5 Å². The first-order valence-corrected chi connectivity index (χ1v) is 9.35. The van der Waals surface area contributed by atoms with Gasteiger partial charge >= 0.3 is 5.97 Å². The highest BCUT2D eigenvalue weighted by Gasteiger charge is 2.33. The zero-order chi connectivity index (χ0) is 19.1. The molecule has 6 nitrogen and oxygen atoms in total. The molecule has 1 aromatic carbocycles. The molecule has 1 atom stereocenters. The number of carbonyl (C=O) groups is 2. The predicted molar refractivity (Wildman–Crippen MR) is 96.5 cm³/mol. The van der Waals surface area contributed by atoms with Crippen molar-refractivity contribution in [2.24, 2.45) is 5.92 Å². The van der Waals surface area contributed by atoms with Gasteiger partial charge in [0.05, 0.1) is 0 Å². The summed E-state index contributed by atoms with van der Waals surface area (Å²) in [6.07, 6.45) is 4.73. The van der Waals surface area contributed by atoms with E-state index in [0.29, 0.717) is 30.9 Å². The number of carboxylic acid groups (broad SMARTS) is 1. The summed E-state index contributed by atoms with van der Waals surface area (Å²) in [5.41, 5.74) is 2.93. The van der Waals surface area contributed by atoms with Crippen molar-refractivity contribution in [2.75, 3.05) is 0 Å². The molecule has 2 N–H and O–H groups in total. The summed E-state index contributed by atoms with van der Waals surface area (Å²) in [6.45, 7) is 1.80. The molecule has 1 heterocycles. The van der Waals surface area contributed by atoms with Crippen molar-refractivity contribution >= 4 is 11.9 Å². The lowest BCUT2D eigenvalue weighted by atomic mass is 10.1. The van der Waals surface area contributed by atoms with Gasteiger partial charge in [-0.3, -0.25) is 4.79 Å². The van der Waals surface area contributed by atoms with E-state index in [0.717, 1.165) is 36.1 Å². The van der Waals surface area contributed by atoms with E-state index < -0.39 is 23.7 Å². The zero-order valence-electron chi connectivity index (χ0n) is 15.2. The van der Waals surface area contributed by atoms with Crippen LogP contribution in [-0.2, 0) is 17.6 Å². The molecule has 142 valence electrons. The van der Waals surface area contributed by atoms with Crippen LogP contribution in [0.1, 0.15) is 53.0 Å². The Balaban J connectivity index is 1.68. The van der Waals surface area contributed by atoms with Gasteiger partial charge in [-0.1, -0.05) is 25.0 Å². The van der Waals surface area contributed by atoms with Gasteiger partial charge in [-0.15, -0.1) is 0 Å². The van der Waals surface area contributed by atoms with Crippen molar-refractivity contribution in [3.8, 4) is 5.69 Å². The smallest absolute Gasteiger partial charge is 0.326 e. The molecule has 1 aromatic heterocycles. The molecule has 1 unspecified atom stereocenters. The number of benzene rings is 1. The number of nitrogens with one attached hydrogen (secondary N) is 1. The van der Waals surface area contributed by atoms with Crippen LogP contribution in [0.25, 0.3) is 5.69 Å². The monoisotopic (exact) mass is 371 g/mol. The van der Waals surface area contributed by atoms with E-state index in [-0.39, 0.29) is 5.69 Å². The molecule has 1 saturated carbocycles. The highest BCUT2D eigenvalue weighted by Crippen LogP contribution is 2.34. The van der Waals surface area contributed by atoms with Gasteiger partial charge in [0, 0.05) is 11.3 Å². The van der Waals surface area contributed by atoms with Crippen LogP contribution in [0.4, 0.5) is 4.39 Å². The summed E-state index contributed by atoms with van der Waals surface area (Å²) < 4.78 is 16.0. The topological polar surface area (TPSA) is 84.2 Å². The number of fused-ring (bicyclic) bond motifs is 1. The van der Waals surface area contributed by atoms with E-state index in [1.165, 1.54) is 10.7 Å². The molecule has 2 aliphatic rings. The maximum absolute atomic E-state index is 14.4. The Labute approximate surface area is 156 Å². The van der Waals surface area contributed by atoms with E-state index in [1.807, 2.05) is 0 Å². The summed E-state index contributed by atoms with van der Waals surface area (Å²) in [7, 11) is 0. The number of hydrogen-bond acceptors (Lipinski definition) is 3. The number of aryl methyl sites for hydroxylation is 1. The third kappa shape index (κ3) is 3.34. The average Bonchev–Trinajstić information content (AvgIpc) is 3.17. The third-order valence-electron chi connectivity index (χ3n) is 5.42. The minimum Gasteiger partial charge on any atom is -0.480 e. The largest absolute Gasteiger partial charge is 0.480 e. The predicted octanol–water partition coefficient (Wildman–Crippen LogP) is 2.79. The Morgan fingerprint density at radius 3 is 2.81 bits per heavy atom. The van der Waals surface area contributed by atoms with E-state index >= 15 is 0 Å². The maximum atomic E-state index is 14.4. The van der Waals surface area contributed by atoms with Crippen LogP contribution in [0.3, 0.4) is 0 Å². The molecular weight excluding hydrogens is 349 g/mol. The van der Waals surface area contributed by atoms with Gasteiger partial charge in [-0.25, -0.2) is 13.9 Å². The van der Waals surface area contributed by atoms with Gasteiger partial charge < -0.3 is 10.4 Å². The van der Waals surface area contributed by atoms with Crippen LogP contribution < -0.4 is 5.32 Å². The van der Waals surface area contributed by atoms with Gasteiger partial charge in [-0.05, 0) is 50.2 Å². The maximum Gasteiger partial charge on any atom is 0.326 e. The number of nitrogens with zero attached hydrogens (tertiary/aromatic N) is 2. The average molecular weight is 371 g/mol. The Hall–Kier alpha value is -2.70. The van der Waals surface area contributed by atoms with Crippen molar-refractivity contribution in [2.45, 2.75) is 51.5 Å². The van der Waals surface area contributed by atoms with Gasteiger partial charge in [0.25, 0.3) is 5.91 Å². The van der Waals surface area contributed by atoms with E-state index in [2.05, 4.69) is 10.4 Å². The number of rotatable bonds is 6. The molecule has 0 aliphatic heterocycles. The third-order valence-corrected chi connectivity index (χ3v) is 5.42. The number of aliphatic carboxylic acids is 1. The highest BCUT2D eigenvalue weighted by molar-refractivity contribution is 5.96. The molecule has 27 heavy (non-hydrogen) atoms. The summed E-state index contributed by atoms with van der Waals surface area (Å²) >= 11 is 0. The Morgan fingerprint density at radius 1 is 1.37 bits per heavy atom. The standard InChI is InChI=1S/C20H22FN3O3/c1-11-4-2-6-14(21)18(11)24-16-7-3-5-13(16)17(23-24)19(25)22-15(20(26)27)10-12-8-9-12/h2,4,6,12,15H,3,5,7-10H2,1H3,(H,22,25)(H,26,27). The first-order chi connectivity index (χ1) is 13.0. The van der Waals surface area contributed by atoms with Gasteiger partial charge in [0.1, 0.15) is 17.5 Å². The number of carboxylic acids is 1. The molecule has 1 fully saturated rings. The summed E-state index contributed by atoms with van der Waals surface area (Å²) in [5.74, 6) is -1.54. The van der Waals surface area contributed by atoms with E-state index in [1.54, 1.807) is 19.1 Å². The van der Waals surface area contributed by atoms with Gasteiger partial charge in [0.2, 0.25) is 0 Å². The molecule has 7 heteroatoms. The molecule has 2 aromatic rings. The molecule has 0 radical (unpaired) electrons. The summed E-state index contributed by atoms with van der Waals surface area (Å²) in [4.78, 5) is 24.3. The lowest BCUT2D eigenvalue weighted by molar-refractivity contribution is -0.139. The van der Waals surface area contributed by atoms with Crippen LogP contribution >= 0.6 is 0 Å². The highest BCUT2D eigenvalue weighted by atomic mass is 19.1. The molecule has 0 spiro atoms. The fourth-order valence-electron chi connectivity index (χ4n) is 3.83. The normalized spacial score (nSPS) is 16.8. The number of carbonyl (C=O) groups excluding carboxylic acids is 1. The molecule has 4 rings (SSSR count). The minimum atomic E-state index is -1.03. The van der Waals surface area contributed by atoms with Crippen LogP contribution in [0.15, 0.2) is 18.2 Å². The fourth-order valence-corrected chi connectivity index (χ4v) is 3.83. The lowest BCUT2D eigenvalue weighted by Crippen LogP contribution is -2.41. The van der Waals surface area contributed by atoms with Crippen molar-refractivity contribution in [3.63, 3.8) is 0 Å². The molecule has 2 aliphatic carbocycles. The number of para-hydroxylation sites is 1. The second-order valence-electron chi connectivity index (χ2n) is 7.49. The van der Waals surface area contributed by atoms with Crippen molar-refractivity contribution < 1.29 is 19.1 Å². The molecule has 0 saturated heterocycles. The number of amides is 1. The fraction of sp³-hybridized carbons (Fsp3) is 0.450. The second kappa shape index (κ2) is 6.79. The minimum absolute atomic E-state index is 0.215. The molecular formula is C20H22FN3O3. The molecule has 0 bridgehead atoms. The lowest BCUT2D eigenvalue weighted by Gasteiger charge is -2.13. The van der Waals surface area contributed by atoms with Crippen LogP contribution in [0.2, 0.25) is 0 Å². The van der Waals surface area contributed by atoms with E-state index in [9.17, 15) is 19.1 Å². The van der Waals surface area contributed by atoms with E-state index in [4.69, 9.17) is 0 Å². The first kappa shape index (κ1) is 17.7. The Kier molecular flexibility index (Phi) is 4.45. The van der Waals surface area contributed by atoms with Crippen molar-refractivity contribution in [1.29, 1.82) is 0 Å². The summed E-state index contributed by atoms with van der Waals surface area (Å²) in [5, 5.41) is 16.4. The Bertz CT molecular complexity index is 897. The first-order valence-electron chi connectivity index (χ1n) is 9.35. The summed E-state index contributed by atoms with van der Waals surface area (Å²) in [6, 6.07) is 3.90. The van der Waals surface area contributed by atoms with Gasteiger partial charge in [-0.2, -0.15) is 5.10 Å². The van der Waals surface area contributed by atoms with Gasteiger partial charge in [0.15, 0.2) is 5.69 Å². The Morgan fingerprint density at radius 2 is 2.15 bits per heavy atom. The second-order valence-corrected chi connectivity index (χ2v) is 7.49. The number of hydrogen-bond donors (Lipinski definition) is 2. The van der Waals surface area contributed by atoms with Crippen LogP contribution in [-0.4, -0.2) is 32.8 Å². The number of halogens is 1.